The maximum absolute atomic E-state index is 2.52. The highest BCUT2D eigenvalue weighted by molar-refractivity contribution is 6.77. The van der Waals surface area contributed by atoms with Crippen molar-refractivity contribution in [3.63, 3.8) is 0 Å². The Balaban J connectivity index is 2.06. The predicted molar refractivity (Wildman–Crippen MR) is 99.9 cm³/mol. The summed E-state index contributed by atoms with van der Waals surface area (Å²) in [6.45, 7) is 7.56. The molecule has 1 atom stereocenters. The van der Waals surface area contributed by atoms with Crippen LogP contribution >= 0.6 is 0 Å². The molecule has 3 rings (SSSR count). The van der Waals surface area contributed by atoms with Crippen LogP contribution in [0.4, 0.5) is 0 Å². The van der Waals surface area contributed by atoms with E-state index in [1.54, 1.807) is 5.57 Å². The van der Waals surface area contributed by atoms with Crippen LogP contribution in [0.3, 0.4) is 0 Å². The highest BCUT2D eigenvalue weighted by atomic mass is 28.3. The lowest BCUT2D eigenvalue weighted by Gasteiger charge is -2.24. The topological polar surface area (TPSA) is 0 Å². The minimum Gasteiger partial charge on any atom is -0.0693 e. The molecule has 0 amide bonds. The van der Waals surface area contributed by atoms with Crippen LogP contribution in [0, 0.1) is 0 Å². The van der Waals surface area contributed by atoms with Crippen molar-refractivity contribution in [1.82, 2.24) is 0 Å². The molecule has 1 fully saturated rings. The van der Waals surface area contributed by atoms with Gasteiger partial charge in [-0.25, -0.2) is 0 Å². The molecule has 1 heteroatoms. The summed E-state index contributed by atoms with van der Waals surface area (Å²) in [5.41, 5.74) is 6.84. The predicted octanol–water partition coefficient (Wildman–Crippen LogP) is 6.38. The van der Waals surface area contributed by atoms with E-state index in [4.69, 9.17) is 0 Å². The molecular weight excluding hydrogens is 280 g/mol. The van der Waals surface area contributed by atoms with Gasteiger partial charge in [0.25, 0.3) is 0 Å². The summed E-state index contributed by atoms with van der Waals surface area (Å²) >= 11 is 0. The fourth-order valence-electron chi connectivity index (χ4n) is 3.60. The highest BCUT2D eigenvalue weighted by Gasteiger charge is 2.32. The van der Waals surface area contributed by atoms with Crippen LogP contribution in [-0.4, -0.2) is 8.07 Å². The number of hydrogen-bond acceptors (Lipinski definition) is 0. The van der Waals surface area contributed by atoms with E-state index < -0.39 is 8.07 Å². The number of hydrogen-bond donors (Lipinski definition) is 0. The van der Waals surface area contributed by atoms with Gasteiger partial charge >= 0.3 is 0 Å². The molecule has 0 nitrogen and oxygen atoms in total. The molecule has 0 N–H and O–H groups in total. The molecule has 0 heterocycles. The van der Waals surface area contributed by atoms with Crippen molar-refractivity contribution in [2.45, 2.75) is 44.4 Å². The lowest BCUT2D eigenvalue weighted by Crippen LogP contribution is -2.25. The Hall–Kier alpha value is -1.60. The van der Waals surface area contributed by atoms with Gasteiger partial charge in [-0.15, -0.1) is 0 Å². The minimum atomic E-state index is -1.05. The third kappa shape index (κ3) is 3.25. The molecule has 0 saturated heterocycles. The molecule has 1 aliphatic rings. The van der Waals surface area contributed by atoms with Crippen molar-refractivity contribution < 1.29 is 0 Å². The summed E-state index contributed by atoms with van der Waals surface area (Å²) < 4.78 is 0. The molecule has 1 saturated carbocycles. The third-order valence-electron chi connectivity index (χ3n) is 4.99. The van der Waals surface area contributed by atoms with E-state index in [-0.39, 0.29) is 0 Å². The van der Waals surface area contributed by atoms with Crippen LogP contribution in [0.2, 0.25) is 25.2 Å². The van der Waals surface area contributed by atoms with Gasteiger partial charge in [0.2, 0.25) is 0 Å². The van der Waals surface area contributed by atoms with Crippen LogP contribution < -0.4 is 0 Å². The van der Waals surface area contributed by atoms with Gasteiger partial charge < -0.3 is 0 Å². The number of allylic oxidation sites excluding steroid dienone is 1. The van der Waals surface area contributed by atoms with Gasteiger partial charge in [0, 0.05) is 8.07 Å². The third-order valence-corrected chi connectivity index (χ3v) is 7.93. The van der Waals surface area contributed by atoms with Crippen LogP contribution in [0.1, 0.15) is 30.4 Å². The molecule has 22 heavy (non-hydrogen) atoms. The molecule has 1 aliphatic carbocycles. The van der Waals surface area contributed by atoms with Crippen molar-refractivity contribution in [3.8, 4) is 0 Å². The normalized spacial score (nSPS) is 18.5. The highest BCUT2D eigenvalue weighted by Crippen LogP contribution is 2.45. The van der Waals surface area contributed by atoms with E-state index >= 15 is 0 Å². The molecular formula is C21H26Si. The number of rotatable bonds is 3. The Kier molecular flexibility index (Phi) is 4.35. The van der Waals surface area contributed by atoms with Gasteiger partial charge in [0.1, 0.15) is 0 Å². The molecule has 0 aliphatic heterocycles. The summed E-state index contributed by atoms with van der Waals surface area (Å²) in [5.74, 6) is 0. The van der Waals surface area contributed by atoms with Crippen LogP contribution in [0.5, 0.6) is 0 Å². The zero-order valence-electron chi connectivity index (χ0n) is 14.0. The first-order valence-corrected chi connectivity index (χ1v) is 12.0. The van der Waals surface area contributed by atoms with E-state index in [0.29, 0.717) is 0 Å². The lowest BCUT2D eigenvalue weighted by atomic mass is 9.92. The summed E-state index contributed by atoms with van der Waals surface area (Å²) in [6, 6.07) is 21.9. The van der Waals surface area contributed by atoms with Gasteiger partial charge in [-0.3, -0.25) is 0 Å². The van der Waals surface area contributed by atoms with Gasteiger partial charge in [-0.05, 0) is 41.5 Å². The van der Waals surface area contributed by atoms with Gasteiger partial charge in [-0.2, -0.15) is 0 Å². The van der Waals surface area contributed by atoms with Crippen molar-refractivity contribution in [2.24, 2.45) is 0 Å². The first-order valence-electron chi connectivity index (χ1n) is 8.38. The maximum atomic E-state index is 2.52. The van der Waals surface area contributed by atoms with Crippen molar-refractivity contribution in [3.05, 3.63) is 77.4 Å². The summed E-state index contributed by atoms with van der Waals surface area (Å²) in [5, 5.41) is 0. The molecule has 114 valence electrons. The first-order chi connectivity index (χ1) is 10.6. The van der Waals surface area contributed by atoms with E-state index in [9.17, 15) is 0 Å². The monoisotopic (exact) mass is 306 g/mol. The lowest BCUT2D eigenvalue weighted by molar-refractivity contribution is 0.843. The van der Waals surface area contributed by atoms with E-state index in [1.807, 2.05) is 0 Å². The standard InChI is InChI=1S/C21H26Si/c1-22(2,3)20-15-14-19(16-20)21(17-10-6-4-7-11-17)18-12-8-5-9-13-18/h4-13,20H,14-16H2,1-3H3. The average molecular weight is 307 g/mol. The number of benzene rings is 2. The zero-order chi connectivity index (χ0) is 15.6. The quantitative estimate of drug-likeness (QED) is 0.577. The first kappa shape index (κ1) is 15.3. The van der Waals surface area contributed by atoms with E-state index in [2.05, 4.69) is 80.3 Å². The second-order valence-electron chi connectivity index (χ2n) is 7.52. The van der Waals surface area contributed by atoms with E-state index in [0.717, 1.165) is 5.54 Å². The Morgan fingerprint density at radius 3 is 1.73 bits per heavy atom. The fraction of sp³-hybridized carbons (Fsp3) is 0.333. The average Bonchev–Trinajstić information content (AvgIpc) is 2.99. The smallest absolute Gasteiger partial charge is 0.0477 e. The van der Waals surface area contributed by atoms with Crippen LogP contribution in [0.15, 0.2) is 66.2 Å². The van der Waals surface area contributed by atoms with Gasteiger partial charge in [0.15, 0.2) is 0 Å². The van der Waals surface area contributed by atoms with Gasteiger partial charge in [-0.1, -0.05) is 85.9 Å². The Morgan fingerprint density at radius 1 is 0.818 bits per heavy atom. The van der Waals surface area contributed by atoms with Crippen LogP contribution in [0.25, 0.3) is 5.57 Å². The second kappa shape index (κ2) is 6.25. The molecule has 0 radical (unpaired) electrons. The fourth-order valence-corrected chi connectivity index (χ4v) is 5.47. The second-order valence-corrected chi connectivity index (χ2v) is 13.1. The maximum Gasteiger partial charge on any atom is 0.0477 e. The molecule has 0 aromatic heterocycles. The molecule has 2 aromatic carbocycles. The SMILES string of the molecule is C[Si](C)(C)C1CCC(=C(c2ccccc2)c2ccccc2)C1. The van der Waals surface area contributed by atoms with E-state index in [1.165, 1.54) is 36.0 Å². The summed E-state index contributed by atoms with van der Waals surface area (Å²) in [7, 11) is -1.05. The molecule has 2 aromatic rings. The Morgan fingerprint density at radius 2 is 1.32 bits per heavy atom. The molecule has 0 bridgehead atoms. The molecule has 1 unspecified atom stereocenters. The van der Waals surface area contributed by atoms with Crippen molar-refractivity contribution in [2.75, 3.05) is 0 Å². The molecule has 0 spiro atoms. The minimum absolute atomic E-state index is 0.935. The summed E-state index contributed by atoms with van der Waals surface area (Å²) in [4.78, 5) is 0. The Bertz CT molecular complexity index is 606. The zero-order valence-corrected chi connectivity index (χ0v) is 15.0. The van der Waals surface area contributed by atoms with Crippen molar-refractivity contribution >= 4 is 13.6 Å². The Labute approximate surface area is 135 Å². The van der Waals surface area contributed by atoms with Gasteiger partial charge in [0.05, 0.1) is 0 Å². The van der Waals surface area contributed by atoms with Crippen LogP contribution in [-0.2, 0) is 0 Å². The van der Waals surface area contributed by atoms with Crippen molar-refractivity contribution in [1.29, 1.82) is 0 Å². The summed E-state index contributed by atoms with van der Waals surface area (Å²) in [6.07, 6.45) is 3.96. The largest absolute Gasteiger partial charge is 0.0693 e.